The minimum absolute atomic E-state index is 0.0299. The van der Waals surface area contributed by atoms with E-state index >= 15 is 0 Å². The van der Waals surface area contributed by atoms with E-state index in [1.165, 1.54) is 18.6 Å². The van der Waals surface area contributed by atoms with E-state index in [0.29, 0.717) is 12.3 Å². The van der Waals surface area contributed by atoms with Gasteiger partial charge in [-0.3, -0.25) is 15.1 Å². The smallest absolute Gasteiger partial charge is 0.222 e. The Bertz CT molecular complexity index is 327. The summed E-state index contributed by atoms with van der Waals surface area (Å²) in [5.41, 5.74) is 1.21. The van der Waals surface area contributed by atoms with Crippen LogP contribution in [0.15, 0.2) is 5.10 Å². The summed E-state index contributed by atoms with van der Waals surface area (Å²) in [6, 6.07) is 0. The number of rotatable bonds is 5. The normalized spacial score (nSPS) is 25.7. The topological polar surface area (TPSA) is 77.0 Å². The number of aliphatic hydroxyl groups is 1. The third kappa shape index (κ3) is 3.17. The molecule has 1 aliphatic carbocycles. The number of amides is 1. The van der Waals surface area contributed by atoms with Crippen LogP contribution >= 0.6 is 0 Å². The maximum atomic E-state index is 11.1. The molecule has 0 aromatic rings. The molecule has 1 heterocycles. The van der Waals surface area contributed by atoms with Crippen LogP contribution in [0.2, 0.25) is 0 Å². The zero-order valence-corrected chi connectivity index (χ0v) is 10.3. The number of carbonyl (C=O) groups excluding carboxylic acids is 1. The summed E-state index contributed by atoms with van der Waals surface area (Å²) >= 11 is 0. The maximum Gasteiger partial charge on any atom is 0.222 e. The Labute approximate surface area is 101 Å². The zero-order chi connectivity index (χ0) is 12.4. The first-order valence-corrected chi connectivity index (χ1v) is 6.14. The fraction of sp³-hybridized carbons (Fsp3) is 0.818. The van der Waals surface area contributed by atoms with Gasteiger partial charge in [0.25, 0.3) is 0 Å². The molecule has 6 heteroatoms. The summed E-state index contributed by atoms with van der Waals surface area (Å²) in [6.07, 6.45) is 2.60. The molecule has 0 aromatic carbocycles. The van der Waals surface area contributed by atoms with Gasteiger partial charge in [-0.2, -0.15) is 5.10 Å². The Kier molecular flexibility index (Phi) is 3.63. The molecule has 2 unspecified atom stereocenters. The molecular formula is C11H20N4O2. The molecule has 0 spiro atoms. The number of nitrogens with one attached hydrogen (secondary N) is 2. The number of hydrogen-bond acceptors (Lipinski definition) is 5. The average molecular weight is 240 g/mol. The van der Waals surface area contributed by atoms with Crippen molar-refractivity contribution in [3.63, 3.8) is 0 Å². The molecule has 96 valence electrons. The van der Waals surface area contributed by atoms with Gasteiger partial charge in [-0.05, 0) is 18.8 Å². The van der Waals surface area contributed by atoms with E-state index in [0.717, 1.165) is 6.42 Å². The minimum atomic E-state index is -1.01. The van der Waals surface area contributed by atoms with Gasteiger partial charge in [0.1, 0.15) is 6.17 Å². The lowest BCUT2D eigenvalue weighted by molar-refractivity contribution is -0.124. The van der Waals surface area contributed by atoms with Crippen LogP contribution in [0.25, 0.3) is 0 Å². The summed E-state index contributed by atoms with van der Waals surface area (Å²) < 4.78 is 0. The molecule has 2 atom stereocenters. The molecule has 2 aliphatic rings. The summed E-state index contributed by atoms with van der Waals surface area (Å²) in [5.74, 6) is 0.473. The molecule has 1 saturated carbocycles. The third-order valence-corrected chi connectivity index (χ3v) is 3.16. The Morgan fingerprint density at radius 1 is 1.65 bits per heavy atom. The zero-order valence-electron chi connectivity index (χ0n) is 10.3. The first kappa shape index (κ1) is 12.3. The Morgan fingerprint density at radius 3 is 2.94 bits per heavy atom. The second-order valence-electron chi connectivity index (χ2n) is 4.65. The molecule has 0 bridgehead atoms. The van der Waals surface area contributed by atoms with Gasteiger partial charge in [0.05, 0.1) is 0 Å². The second kappa shape index (κ2) is 5.01. The van der Waals surface area contributed by atoms with Crippen molar-refractivity contribution in [2.75, 3.05) is 7.05 Å². The molecule has 3 N–H and O–H groups in total. The Hall–Kier alpha value is -1.14. The van der Waals surface area contributed by atoms with Crippen molar-refractivity contribution in [1.29, 1.82) is 0 Å². The highest BCUT2D eigenvalue weighted by molar-refractivity contribution is 5.90. The van der Waals surface area contributed by atoms with Crippen molar-refractivity contribution in [3.05, 3.63) is 0 Å². The van der Waals surface area contributed by atoms with Crippen molar-refractivity contribution in [1.82, 2.24) is 15.6 Å². The molecule has 2 rings (SSSR count). The van der Waals surface area contributed by atoms with Crippen LogP contribution in [0.1, 0.15) is 32.6 Å². The van der Waals surface area contributed by atoms with Crippen molar-refractivity contribution in [2.24, 2.45) is 11.0 Å². The molecule has 17 heavy (non-hydrogen) atoms. The first-order chi connectivity index (χ1) is 8.10. The molecule has 1 aliphatic heterocycles. The fourth-order valence-electron chi connectivity index (χ4n) is 1.95. The minimum Gasteiger partial charge on any atom is -0.361 e. The number of hydrazone groups is 1. The second-order valence-corrected chi connectivity index (χ2v) is 4.65. The molecule has 0 radical (unpaired) electrons. The van der Waals surface area contributed by atoms with E-state index in [2.05, 4.69) is 15.7 Å². The van der Waals surface area contributed by atoms with E-state index in [9.17, 15) is 9.90 Å². The maximum absolute atomic E-state index is 11.1. The monoisotopic (exact) mass is 240 g/mol. The highest BCUT2D eigenvalue weighted by Crippen LogP contribution is 2.34. The standard InChI is InChI=1S/C11H20N4O2/c1-3-10(16)13-11(17)12-9-6-8(7-4-5-7)14-15(9)2/h7,9,11-12,17H,3-6H2,1-2H3,(H,13,16). The van der Waals surface area contributed by atoms with Crippen LogP contribution in [0.4, 0.5) is 0 Å². The fourth-order valence-corrected chi connectivity index (χ4v) is 1.95. The van der Waals surface area contributed by atoms with Crippen LogP contribution in [-0.2, 0) is 4.79 Å². The van der Waals surface area contributed by atoms with E-state index in [1.807, 2.05) is 12.1 Å². The summed E-state index contributed by atoms with van der Waals surface area (Å²) in [6.45, 7) is 1.75. The summed E-state index contributed by atoms with van der Waals surface area (Å²) in [7, 11) is 1.88. The van der Waals surface area contributed by atoms with Crippen LogP contribution in [0.5, 0.6) is 0 Å². The van der Waals surface area contributed by atoms with E-state index in [-0.39, 0.29) is 12.1 Å². The van der Waals surface area contributed by atoms with Gasteiger partial charge in [-0.15, -0.1) is 0 Å². The van der Waals surface area contributed by atoms with Gasteiger partial charge in [-0.25, -0.2) is 0 Å². The van der Waals surface area contributed by atoms with Gasteiger partial charge in [-0.1, -0.05) is 6.92 Å². The first-order valence-electron chi connectivity index (χ1n) is 6.14. The quantitative estimate of drug-likeness (QED) is 0.582. The number of aliphatic hydroxyl groups excluding tert-OH is 1. The Morgan fingerprint density at radius 2 is 2.35 bits per heavy atom. The van der Waals surface area contributed by atoms with Crippen LogP contribution in [-0.4, -0.2) is 41.3 Å². The van der Waals surface area contributed by atoms with Crippen LogP contribution < -0.4 is 10.6 Å². The number of hydrogen-bond donors (Lipinski definition) is 3. The number of carbonyl (C=O) groups is 1. The highest BCUT2D eigenvalue weighted by atomic mass is 16.3. The van der Waals surface area contributed by atoms with Gasteiger partial charge in [0.2, 0.25) is 5.91 Å². The molecule has 6 nitrogen and oxygen atoms in total. The van der Waals surface area contributed by atoms with Crippen molar-refractivity contribution >= 4 is 11.6 Å². The molecule has 1 fully saturated rings. The summed E-state index contributed by atoms with van der Waals surface area (Å²) in [5, 5.41) is 21.3. The largest absolute Gasteiger partial charge is 0.361 e. The Balaban J connectivity index is 1.78. The van der Waals surface area contributed by atoms with E-state index in [1.54, 1.807) is 6.92 Å². The predicted molar refractivity (Wildman–Crippen MR) is 63.9 cm³/mol. The van der Waals surface area contributed by atoms with E-state index < -0.39 is 6.35 Å². The van der Waals surface area contributed by atoms with Gasteiger partial charge < -0.3 is 10.4 Å². The predicted octanol–water partition coefficient (Wildman–Crippen LogP) is -0.194. The van der Waals surface area contributed by atoms with Gasteiger partial charge >= 0.3 is 0 Å². The van der Waals surface area contributed by atoms with Crippen molar-refractivity contribution in [3.8, 4) is 0 Å². The van der Waals surface area contributed by atoms with Crippen LogP contribution in [0, 0.1) is 5.92 Å². The van der Waals surface area contributed by atoms with E-state index in [4.69, 9.17) is 0 Å². The average Bonchev–Trinajstić information content (AvgIpc) is 3.05. The molecular weight excluding hydrogens is 220 g/mol. The molecule has 0 aromatic heterocycles. The summed E-state index contributed by atoms with van der Waals surface area (Å²) in [4.78, 5) is 11.1. The van der Waals surface area contributed by atoms with Crippen molar-refractivity contribution < 1.29 is 9.90 Å². The molecule has 1 amide bonds. The molecule has 0 saturated heterocycles. The van der Waals surface area contributed by atoms with Crippen molar-refractivity contribution in [2.45, 2.75) is 45.1 Å². The SMILES string of the molecule is CCC(=O)NC(O)NC1CC(C2CC2)=NN1C. The lowest BCUT2D eigenvalue weighted by Gasteiger charge is -2.24. The van der Waals surface area contributed by atoms with Crippen LogP contribution in [0.3, 0.4) is 0 Å². The number of nitrogens with zero attached hydrogens (tertiary/aromatic N) is 2. The highest BCUT2D eigenvalue weighted by Gasteiger charge is 2.35. The lowest BCUT2D eigenvalue weighted by atomic mass is 10.1. The van der Waals surface area contributed by atoms with Gasteiger partial charge in [0, 0.05) is 25.6 Å². The third-order valence-electron chi connectivity index (χ3n) is 3.16. The van der Waals surface area contributed by atoms with Gasteiger partial charge in [0.15, 0.2) is 6.35 Å². The lowest BCUT2D eigenvalue weighted by Crippen LogP contribution is -2.52.